The Morgan fingerprint density at radius 1 is 0.378 bits per heavy atom. The first-order chi connectivity index (χ1) is 28.2. The summed E-state index contributed by atoms with van der Waals surface area (Å²) in [6.07, 6.45) is 0. The third-order valence-electron chi connectivity index (χ3n) is 8.12. The van der Waals surface area contributed by atoms with Gasteiger partial charge in [-0.3, -0.25) is 0 Å². The standard InChI is InChI=1S/C44H28O/c1-3-14-29(15-4-1)31-18-11-19-32(28-31)41-34-20-7-9-22-36(34)42(37-23-10-8-21-35(37)41)38-25-13-27-40-44(38)43-33(24-12-26-39(43)45-40)30-16-5-2-6-17-30/h1-28H/i1D,2D,3D,4D,5D,6D,11D,14D,15D,16D,17D,18D,19D,28D. The van der Waals surface area contributed by atoms with Crippen LogP contribution >= 0.6 is 0 Å². The quantitative estimate of drug-likeness (QED) is 0.187. The van der Waals surface area contributed by atoms with Gasteiger partial charge in [-0.2, -0.15) is 0 Å². The molecule has 0 saturated carbocycles. The minimum atomic E-state index is -0.654. The Balaban J connectivity index is 1.43. The van der Waals surface area contributed by atoms with Gasteiger partial charge in [-0.25, -0.2) is 0 Å². The summed E-state index contributed by atoms with van der Waals surface area (Å²) in [5.41, 5.74) is 2.27. The lowest BCUT2D eigenvalue weighted by molar-refractivity contribution is 0.669. The van der Waals surface area contributed by atoms with E-state index in [9.17, 15) is 2.74 Å². The normalized spacial score (nSPS) is 15.9. The van der Waals surface area contributed by atoms with Gasteiger partial charge in [-0.15, -0.1) is 0 Å². The maximum absolute atomic E-state index is 9.58. The van der Waals surface area contributed by atoms with Crippen LogP contribution in [0.3, 0.4) is 0 Å². The Hall–Kier alpha value is -5.92. The average molecular weight is 587 g/mol. The molecule has 0 radical (unpaired) electrons. The fourth-order valence-corrected chi connectivity index (χ4v) is 6.32. The molecule has 1 aromatic heterocycles. The van der Waals surface area contributed by atoms with Gasteiger partial charge in [0.2, 0.25) is 0 Å². The van der Waals surface area contributed by atoms with Crippen LogP contribution in [0.25, 0.3) is 88.0 Å². The molecule has 0 atom stereocenters. The van der Waals surface area contributed by atoms with Gasteiger partial charge >= 0.3 is 0 Å². The summed E-state index contributed by atoms with van der Waals surface area (Å²) in [6, 6.07) is 17.9. The van der Waals surface area contributed by atoms with Crippen LogP contribution in [0, 0.1) is 0 Å². The highest BCUT2D eigenvalue weighted by Gasteiger charge is 2.21. The largest absolute Gasteiger partial charge is 0.456 e. The highest BCUT2D eigenvalue weighted by Crippen LogP contribution is 2.48. The Morgan fingerprint density at radius 2 is 0.867 bits per heavy atom. The number of benzene rings is 8. The molecule has 1 heteroatoms. The second kappa shape index (κ2) is 10.4. The van der Waals surface area contributed by atoms with Gasteiger partial charge in [0.15, 0.2) is 0 Å². The summed E-state index contributed by atoms with van der Waals surface area (Å²) in [5, 5.41) is 3.58. The Kier molecular flexibility index (Phi) is 3.50. The van der Waals surface area contributed by atoms with Gasteiger partial charge in [-0.1, -0.05) is 151 Å². The van der Waals surface area contributed by atoms with Crippen LogP contribution < -0.4 is 0 Å². The van der Waals surface area contributed by atoms with Crippen molar-refractivity contribution in [2.45, 2.75) is 0 Å². The Labute approximate surface area is 281 Å². The predicted molar refractivity (Wildman–Crippen MR) is 190 cm³/mol. The monoisotopic (exact) mass is 586 g/mol. The van der Waals surface area contributed by atoms with Crippen molar-refractivity contribution in [2.24, 2.45) is 0 Å². The van der Waals surface area contributed by atoms with E-state index in [1.165, 1.54) is 0 Å². The van der Waals surface area contributed by atoms with Crippen LogP contribution in [-0.4, -0.2) is 0 Å². The molecule has 9 aromatic rings. The van der Waals surface area contributed by atoms with Gasteiger partial charge in [-0.05, 0) is 84.2 Å². The van der Waals surface area contributed by atoms with Crippen LogP contribution in [0.2, 0.25) is 0 Å². The zero-order valence-corrected chi connectivity index (χ0v) is 23.5. The molecule has 0 aliphatic rings. The molecule has 0 spiro atoms. The Bertz CT molecular complexity index is 3220. The first-order valence-electron chi connectivity index (χ1n) is 21.3. The van der Waals surface area contributed by atoms with E-state index in [1.807, 2.05) is 48.5 Å². The van der Waals surface area contributed by atoms with E-state index in [1.54, 1.807) is 36.4 Å². The molecule has 0 aliphatic heterocycles. The lowest BCUT2D eigenvalue weighted by Crippen LogP contribution is -1.92. The number of furan rings is 1. The van der Waals surface area contributed by atoms with E-state index in [0.717, 1.165) is 5.56 Å². The van der Waals surface area contributed by atoms with E-state index in [2.05, 4.69) is 0 Å². The summed E-state index contributed by atoms with van der Waals surface area (Å²) >= 11 is 0. The van der Waals surface area contributed by atoms with Gasteiger partial charge in [0.05, 0.1) is 19.2 Å². The summed E-state index contributed by atoms with van der Waals surface area (Å²) in [4.78, 5) is 0. The van der Waals surface area contributed by atoms with Crippen molar-refractivity contribution in [3.63, 3.8) is 0 Å². The lowest BCUT2D eigenvalue weighted by atomic mass is 9.84. The van der Waals surface area contributed by atoms with Crippen molar-refractivity contribution in [3.8, 4) is 44.5 Å². The van der Waals surface area contributed by atoms with Crippen molar-refractivity contribution in [3.05, 3.63) is 170 Å². The fraction of sp³-hybridized carbons (Fsp3) is 0. The second-order valence-electron chi connectivity index (χ2n) is 10.6. The number of hydrogen-bond acceptors (Lipinski definition) is 1. The smallest absolute Gasteiger partial charge is 0.136 e. The summed E-state index contributed by atoms with van der Waals surface area (Å²) < 4.78 is 128. The van der Waals surface area contributed by atoms with Gasteiger partial charge in [0.1, 0.15) is 11.2 Å². The average Bonchev–Trinajstić information content (AvgIpc) is 3.64. The van der Waals surface area contributed by atoms with Crippen LogP contribution in [-0.2, 0) is 0 Å². The van der Waals surface area contributed by atoms with Crippen LogP contribution in [0.1, 0.15) is 19.2 Å². The predicted octanol–water partition coefficient (Wildman–Crippen LogP) is 12.6. The maximum Gasteiger partial charge on any atom is 0.136 e. The minimum absolute atomic E-state index is 0.0223. The third-order valence-corrected chi connectivity index (χ3v) is 8.12. The highest BCUT2D eigenvalue weighted by molar-refractivity contribution is 6.27. The molecule has 1 nitrogen and oxygen atoms in total. The van der Waals surface area contributed by atoms with Crippen molar-refractivity contribution >= 4 is 43.5 Å². The van der Waals surface area contributed by atoms with Gasteiger partial charge in [0, 0.05) is 10.8 Å². The summed E-state index contributed by atoms with van der Waals surface area (Å²) in [6.45, 7) is 0. The molecular weight excluding hydrogens is 544 g/mol. The maximum atomic E-state index is 9.58. The summed E-state index contributed by atoms with van der Waals surface area (Å²) in [7, 11) is 0. The molecule has 0 amide bonds. The van der Waals surface area contributed by atoms with Crippen LogP contribution in [0.15, 0.2) is 174 Å². The third kappa shape index (κ3) is 4.09. The topological polar surface area (TPSA) is 13.1 Å². The second-order valence-corrected chi connectivity index (χ2v) is 10.6. The van der Waals surface area contributed by atoms with E-state index >= 15 is 0 Å². The van der Waals surface area contributed by atoms with Crippen molar-refractivity contribution < 1.29 is 23.6 Å². The van der Waals surface area contributed by atoms with E-state index in [-0.39, 0.29) is 28.8 Å². The SMILES string of the molecule is [2H]c1c([2H])c([2H])c(-c2c([2H])c([2H])c([2H])c(-c3c4ccccc4c(-c4cccc5oc6cccc(-c7c([2H])c([2H])c([2H])c([2H])c7[2H])c6c45)c4ccccc34)c2[2H])c([2H])c1[2H]. The Morgan fingerprint density at radius 3 is 1.49 bits per heavy atom. The molecule has 45 heavy (non-hydrogen) atoms. The van der Waals surface area contributed by atoms with E-state index in [4.69, 9.17) is 20.9 Å². The van der Waals surface area contributed by atoms with Crippen molar-refractivity contribution in [1.82, 2.24) is 0 Å². The van der Waals surface area contributed by atoms with E-state index < -0.39 is 78.1 Å². The number of rotatable bonds is 4. The van der Waals surface area contributed by atoms with Crippen molar-refractivity contribution in [1.29, 1.82) is 0 Å². The lowest BCUT2D eigenvalue weighted by Gasteiger charge is -2.19. The molecule has 8 aromatic carbocycles. The molecule has 9 rings (SSSR count). The van der Waals surface area contributed by atoms with Crippen LogP contribution in [0.5, 0.6) is 0 Å². The molecule has 0 fully saturated rings. The molecule has 0 aliphatic carbocycles. The summed E-state index contributed by atoms with van der Waals surface area (Å²) in [5.74, 6) is 0. The zero-order valence-electron chi connectivity index (χ0n) is 37.5. The first kappa shape index (κ1) is 15.2. The fourth-order valence-electron chi connectivity index (χ4n) is 6.32. The molecular formula is C44H28O. The molecule has 0 unspecified atom stereocenters. The minimum Gasteiger partial charge on any atom is -0.456 e. The van der Waals surface area contributed by atoms with Gasteiger partial charge < -0.3 is 4.42 Å². The first-order valence-corrected chi connectivity index (χ1v) is 14.3. The highest BCUT2D eigenvalue weighted by atomic mass is 16.3. The number of hydrogen-bond donors (Lipinski definition) is 0. The van der Waals surface area contributed by atoms with E-state index in [0.29, 0.717) is 60.2 Å². The molecule has 210 valence electrons. The van der Waals surface area contributed by atoms with Crippen LogP contribution in [0.4, 0.5) is 0 Å². The molecule has 0 bridgehead atoms. The van der Waals surface area contributed by atoms with Crippen molar-refractivity contribution in [2.75, 3.05) is 0 Å². The number of fused-ring (bicyclic) bond motifs is 5. The van der Waals surface area contributed by atoms with Gasteiger partial charge in [0.25, 0.3) is 0 Å². The zero-order chi connectivity index (χ0) is 41.9. The molecule has 0 saturated heterocycles. The molecule has 1 heterocycles. The molecule has 0 N–H and O–H groups in total.